The van der Waals surface area contributed by atoms with Crippen molar-refractivity contribution in [2.75, 3.05) is 19.7 Å². The fourth-order valence-electron chi connectivity index (χ4n) is 2.42. The van der Waals surface area contributed by atoms with Gasteiger partial charge in [-0.15, -0.1) is 0 Å². The summed E-state index contributed by atoms with van der Waals surface area (Å²) in [6.45, 7) is 10.2. The summed E-state index contributed by atoms with van der Waals surface area (Å²) in [7, 11) is 0. The Labute approximate surface area is 111 Å². The molecule has 0 aromatic heterocycles. The Hall–Kier alpha value is -0.610. The molecule has 1 amide bonds. The molecule has 4 nitrogen and oxygen atoms in total. The molecule has 0 aromatic carbocycles. The fourth-order valence-corrected chi connectivity index (χ4v) is 2.42. The van der Waals surface area contributed by atoms with E-state index >= 15 is 0 Å². The van der Waals surface area contributed by atoms with Gasteiger partial charge in [-0.05, 0) is 31.6 Å². The number of hydrogen-bond donors (Lipinski definition) is 2. The van der Waals surface area contributed by atoms with Crippen molar-refractivity contribution >= 4 is 5.91 Å². The molecule has 0 radical (unpaired) electrons. The maximum atomic E-state index is 12.1. The minimum absolute atomic E-state index is 0.0594. The van der Waals surface area contributed by atoms with E-state index in [0.717, 1.165) is 25.9 Å². The van der Waals surface area contributed by atoms with E-state index < -0.39 is 0 Å². The van der Waals surface area contributed by atoms with Crippen LogP contribution in [0.3, 0.4) is 0 Å². The van der Waals surface area contributed by atoms with Crippen LogP contribution in [0.1, 0.15) is 47.0 Å². The van der Waals surface area contributed by atoms with E-state index in [9.17, 15) is 4.79 Å². The second-order valence-electron chi connectivity index (χ2n) is 6.82. The zero-order valence-electron chi connectivity index (χ0n) is 12.2. The molecule has 1 saturated heterocycles. The summed E-state index contributed by atoms with van der Waals surface area (Å²) in [5.74, 6) is -0.0425. The van der Waals surface area contributed by atoms with Gasteiger partial charge in [0.1, 0.15) is 0 Å². The van der Waals surface area contributed by atoms with Crippen LogP contribution in [0, 0.1) is 11.3 Å². The van der Waals surface area contributed by atoms with Crippen LogP contribution < -0.4 is 11.1 Å². The van der Waals surface area contributed by atoms with Gasteiger partial charge in [0, 0.05) is 19.7 Å². The Morgan fingerprint density at radius 1 is 1.50 bits per heavy atom. The van der Waals surface area contributed by atoms with Crippen molar-refractivity contribution in [1.29, 1.82) is 0 Å². The molecule has 0 aromatic rings. The first-order valence-electron chi connectivity index (χ1n) is 6.87. The van der Waals surface area contributed by atoms with Crippen molar-refractivity contribution in [1.82, 2.24) is 5.32 Å². The van der Waals surface area contributed by atoms with Gasteiger partial charge in [0.15, 0.2) is 0 Å². The topological polar surface area (TPSA) is 64.4 Å². The Morgan fingerprint density at radius 3 is 2.61 bits per heavy atom. The molecule has 1 aliphatic rings. The number of nitrogens with two attached hydrogens (primary N) is 1. The van der Waals surface area contributed by atoms with E-state index in [1.807, 2.05) is 0 Å². The van der Waals surface area contributed by atoms with Crippen LogP contribution in [0.5, 0.6) is 0 Å². The standard InChI is InChI=1S/C14H28N2O2/c1-13(2,3)8-11(9-15)12(17)16-10-14(4)6-5-7-18-14/h11H,5-10,15H2,1-4H3,(H,16,17). The van der Waals surface area contributed by atoms with Gasteiger partial charge in [-0.2, -0.15) is 0 Å². The number of carbonyl (C=O) groups excluding carboxylic acids is 1. The SMILES string of the molecule is CC(C)(C)CC(CN)C(=O)NCC1(C)CCCO1. The van der Waals surface area contributed by atoms with Crippen molar-refractivity contribution in [3.8, 4) is 0 Å². The Kier molecular flexibility index (Phi) is 5.17. The van der Waals surface area contributed by atoms with Crippen LogP contribution in [-0.2, 0) is 9.53 Å². The molecule has 1 fully saturated rings. The highest BCUT2D eigenvalue weighted by Gasteiger charge is 2.31. The Morgan fingerprint density at radius 2 is 2.17 bits per heavy atom. The third kappa shape index (κ3) is 4.94. The number of hydrogen-bond acceptors (Lipinski definition) is 3. The summed E-state index contributed by atoms with van der Waals surface area (Å²) in [4.78, 5) is 12.1. The largest absolute Gasteiger partial charge is 0.373 e. The lowest BCUT2D eigenvalue weighted by molar-refractivity contribution is -0.126. The molecule has 2 unspecified atom stereocenters. The molecule has 0 bridgehead atoms. The van der Waals surface area contributed by atoms with Crippen LogP contribution in [0.4, 0.5) is 0 Å². The third-order valence-electron chi connectivity index (χ3n) is 3.45. The Bertz CT molecular complexity index is 278. The summed E-state index contributed by atoms with van der Waals surface area (Å²) in [6.07, 6.45) is 2.90. The van der Waals surface area contributed by atoms with Crippen molar-refractivity contribution in [3.05, 3.63) is 0 Å². The molecule has 106 valence electrons. The van der Waals surface area contributed by atoms with Gasteiger partial charge in [0.25, 0.3) is 0 Å². The maximum absolute atomic E-state index is 12.1. The summed E-state index contributed by atoms with van der Waals surface area (Å²) >= 11 is 0. The lowest BCUT2D eigenvalue weighted by atomic mass is 9.84. The van der Waals surface area contributed by atoms with E-state index in [-0.39, 0.29) is 22.8 Å². The lowest BCUT2D eigenvalue weighted by Crippen LogP contribution is -2.44. The monoisotopic (exact) mass is 256 g/mol. The summed E-state index contributed by atoms with van der Waals surface area (Å²) in [5, 5.41) is 2.99. The lowest BCUT2D eigenvalue weighted by Gasteiger charge is -2.27. The molecule has 4 heteroatoms. The molecule has 18 heavy (non-hydrogen) atoms. The van der Waals surface area contributed by atoms with E-state index in [2.05, 4.69) is 33.0 Å². The minimum atomic E-state index is -0.184. The highest BCUT2D eigenvalue weighted by molar-refractivity contribution is 5.79. The number of ether oxygens (including phenoxy) is 1. The quantitative estimate of drug-likeness (QED) is 0.786. The number of nitrogens with one attached hydrogen (secondary N) is 1. The summed E-state index contributed by atoms with van der Waals surface area (Å²) in [6, 6.07) is 0. The van der Waals surface area contributed by atoms with Gasteiger partial charge < -0.3 is 15.8 Å². The van der Waals surface area contributed by atoms with Gasteiger partial charge >= 0.3 is 0 Å². The molecule has 3 N–H and O–H groups in total. The number of rotatable bonds is 5. The first-order valence-corrected chi connectivity index (χ1v) is 6.87. The van der Waals surface area contributed by atoms with Crippen LogP contribution in [-0.4, -0.2) is 31.2 Å². The molecular formula is C14H28N2O2. The van der Waals surface area contributed by atoms with E-state index in [1.54, 1.807) is 0 Å². The van der Waals surface area contributed by atoms with Crippen molar-refractivity contribution in [2.45, 2.75) is 52.6 Å². The number of carbonyl (C=O) groups is 1. The van der Waals surface area contributed by atoms with Crippen molar-refractivity contribution in [2.24, 2.45) is 17.1 Å². The Balaban J connectivity index is 2.42. The molecule has 0 saturated carbocycles. The number of amides is 1. The molecule has 2 atom stereocenters. The highest BCUT2D eigenvalue weighted by atomic mass is 16.5. The first-order chi connectivity index (χ1) is 8.26. The maximum Gasteiger partial charge on any atom is 0.224 e. The van der Waals surface area contributed by atoms with Crippen molar-refractivity contribution in [3.63, 3.8) is 0 Å². The molecule has 1 aliphatic heterocycles. The van der Waals surface area contributed by atoms with Gasteiger partial charge in [-0.1, -0.05) is 20.8 Å². The summed E-state index contributed by atoms with van der Waals surface area (Å²) in [5.41, 5.74) is 5.64. The van der Waals surface area contributed by atoms with Gasteiger partial charge in [0.05, 0.1) is 11.5 Å². The smallest absolute Gasteiger partial charge is 0.224 e. The van der Waals surface area contributed by atoms with Crippen LogP contribution >= 0.6 is 0 Å². The molecule has 1 rings (SSSR count). The second-order valence-corrected chi connectivity index (χ2v) is 6.82. The molecule has 0 spiro atoms. The van der Waals surface area contributed by atoms with Gasteiger partial charge in [-0.3, -0.25) is 4.79 Å². The van der Waals surface area contributed by atoms with E-state index in [4.69, 9.17) is 10.5 Å². The van der Waals surface area contributed by atoms with Crippen LogP contribution in [0.15, 0.2) is 0 Å². The fraction of sp³-hybridized carbons (Fsp3) is 0.929. The molecule has 0 aliphatic carbocycles. The van der Waals surface area contributed by atoms with Gasteiger partial charge in [0.2, 0.25) is 5.91 Å². The predicted octanol–water partition coefficient (Wildman–Crippen LogP) is 1.68. The molecule has 1 heterocycles. The highest BCUT2D eigenvalue weighted by Crippen LogP contribution is 2.26. The van der Waals surface area contributed by atoms with E-state index in [0.29, 0.717) is 13.1 Å². The molecular weight excluding hydrogens is 228 g/mol. The average Bonchev–Trinajstić information content (AvgIpc) is 2.69. The van der Waals surface area contributed by atoms with Gasteiger partial charge in [-0.25, -0.2) is 0 Å². The second kappa shape index (κ2) is 6.02. The van der Waals surface area contributed by atoms with Crippen LogP contribution in [0.2, 0.25) is 0 Å². The average molecular weight is 256 g/mol. The minimum Gasteiger partial charge on any atom is -0.373 e. The zero-order chi connectivity index (χ0) is 13.8. The normalized spacial score (nSPS) is 26.1. The predicted molar refractivity (Wildman–Crippen MR) is 73.2 cm³/mol. The van der Waals surface area contributed by atoms with Crippen LogP contribution in [0.25, 0.3) is 0 Å². The summed E-state index contributed by atoms with van der Waals surface area (Å²) < 4.78 is 5.66. The zero-order valence-corrected chi connectivity index (χ0v) is 12.2. The van der Waals surface area contributed by atoms with E-state index in [1.165, 1.54) is 0 Å². The first kappa shape index (κ1) is 15.4. The third-order valence-corrected chi connectivity index (χ3v) is 3.45. The van der Waals surface area contributed by atoms with Crippen molar-refractivity contribution < 1.29 is 9.53 Å².